The van der Waals surface area contributed by atoms with Crippen LogP contribution in [0.3, 0.4) is 0 Å². The lowest BCUT2D eigenvalue weighted by Gasteiger charge is -2.12. The first-order valence-electron chi connectivity index (χ1n) is 5.80. The van der Waals surface area contributed by atoms with Crippen molar-refractivity contribution in [2.45, 2.75) is 0 Å². The summed E-state index contributed by atoms with van der Waals surface area (Å²) in [6, 6.07) is 6.52. The Labute approximate surface area is 127 Å². The number of rotatable bonds is 3. The fraction of sp³-hybridized carbons (Fsp3) is 0.143. The van der Waals surface area contributed by atoms with E-state index in [1.807, 2.05) is 0 Å². The summed E-state index contributed by atoms with van der Waals surface area (Å²) >= 11 is 3.06. The van der Waals surface area contributed by atoms with Crippen molar-refractivity contribution in [3.05, 3.63) is 50.7 Å². The first-order valence-corrected chi connectivity index (χ1v) is 6.59. The van der Waals surface area contributed by atoms with Crippen LogP contribution in [0.25, 0.3) is 11.3 Å². The van der Waals surface area contributed by atoms with Crippen LogP contribution in [0, 0.1) is 23.0 Å². The lowest BCUT2D eigenvalue weighted by atomic mass is 10.1. The molecule has 0 saturated heterocycles. The average molecular weight is 355 g/mol. The monoisotopic (exact) mass is 354 g/mol. The Morgan fingerprint density at radius 1 is 1.33 bits per heavy atom. The fourth-order valence-corrected chi connectivity index (χ4v) is 2.25. The van der Waals surface area contributed by atoms with Gasteiger partial charge >= 0.3 is 0 Å². The molecule has 108 valence electrons. The highest BCUT2D eigenvalue weighted by atomic mass is 79.9. The molecule has 0 bridgehead atoms. The van der Waals surface area contributed by atoms with Crippen LogP contribution < -0.4 is 10.3 Å². The topological polar surface area (TPSA) is 55.0 Å². The Kier molecular flexibility index (Phi) is 4.38. The Hall–Kier alpha value is -2.20. The second-order valence-electron chi connectivity index (χ2n) is 4.14. The molecule has 21 heavy (non-hydrogen) atoms. The molecule has 0 unspecified atom stereocenters. The van der Waals surface area contributed by atoms with Crippen molar-refractivity contribution in [3.8, 4) is 23.1 Å². The number of nitriles is 1. The van der Waals surface area contributed by atoms with Gasteiger partial charge in [-0.2, -0.15) is 5.26 Å². The van der Waals surface area contributed by atoms with Crippen LogP contribution in [0.15, 0.2) is 33.5 Å². The van der Waals surface area contributed by atoms with E-state index >= 15 is 0 Å². The van der Waals surface area contributed by atoms with Gasteiger partial charge in [0.25, 0.3) is 5.56 Å². The van der Waals surface area contributed by atoms with Crippen molar-refractivity contribution in [1.82, 2.24) is 4.57 Å². The maximum Gasteiger partial charge on any atom is 0.265 e. The van der Waals surface area contributed by atoms with Crippen molar-refractivity contribution in [1.29, 1.82) is 5.26 Å². The standard InChI is InChI=1S/C14H9BrF2N2O2/c1-19-12(3-2-9(15)14(19)20)13-10(16)6-8(7-11(13)17)21-5-4-18/h2-3,6-7H,5H2,1H3. The Morgan fingerprint density at radius 3 is 2.52 bits per heavy atom. The normalized spacial score (nSPS) is 10.2. The number of benzene rings is 1. The van der Waals surface area contributed by atoms with Crippen LogP contribution in [0.1, 0.15) is 0 Å². The van der Waals surface area contributed by atoms with Crippen LogP contribution in [0.5, 0.6) is 5.75 Å². The van der Waals surface area contributed by atoms with Gasteiger partial charge in [-0.1, -0.05) is 0 Å². The second-order valence-corrected chi connectivity index (χ2v) is 4.99. The summed E-state index contributed by atoms with van der Waals surface area (Å²) in [7, 11) is 1.42. The molecule has 0 aliphatic rings. The molecule has 0 N–H and O–H groups in total. The summed E-state index contributed by atoms with van der Waals surface area (Å²) in [5.41, 5.74) is -0.632. The van der Waals surface area contributed by atoms with Gasteiger partial charge < -0.3 is 9.30 Å². The fourth-order valence-electron chi connectivity index (χ4n) is 1.85. The van der Waals surface area contributed by atoms with Crippen molar-refractivity contribution in [3.63, 3.8) is 0 Å². The zero-order valence-electron chi connectivity index (χ0n) is 10.9. The van der Waals surface area contributed by atoms with Gasteiger partial charge in [-0.15, -0.1) is 0 Å². The predicted octanol–water partition coefficient (Wildman–Crippen LogP) is 3.00. The quantitative estimate of drug-likeness (QED) is 0.851. The molecule has 2 rings (SSSR count). The predicted molar refractivity (Wildman–Crippen MR) is 75.8 cm³/mol. The van der Waals surface area contributed by atoms with E-state index in [1.165, 1.54) is 19.2 Å². The first kappa shape index (κ1) is 15.2. The van der Waals surface area contributed by atoms with Gasteiger partial charge in [0, 0.05) is 19.2 Å². The van der Waals surface area contributed by atoms with Gasteiger partial charge in [-0.3, -0.25) is 4.79 Å². The van der Waals surface area contributed by atoms with E-state index < -0.39 is 17.2 Å². The number of halogens is 3. The van der Waals surface area contributed by atoms with Crippen LogP contribution in [0.2, 0.25) is 0 Å². The van der Waals surface area contributed by atoms with Gasteiger partial charge in [-0.05, 0) is 28.1 Å². The van der Waals surface area contributed by atoms with Crippen molar-refractivity contribution in [2.24, 2.45) is 7.05 Å². The zero-order valence-corrected chi connectivity index (χ0v) is 12.4. The number of pyridine rings is 1. The molecule has 0 aliphatic heterocycles. The van der Waals surface area contributed by atoms with E-state index in [2.05, 4.69) is 15.9 Å². The Morgan fingerprint density at radius 2 is 1.95 bits per heavy atom. The molecule has 0 spiro atoms. The SMILES string of the molecule is Cn1c(-c2c(F)cc(OCC#N)cc2F)ccc(Br)c1=O. The minimum absolute atomic E-state index is 0.0857. The highest BCUT2D eigenvalue weighted by Gasteiger charge is 2.17. The van der Waals surface area contributed by atoms with E-state index in [0.29, 0.717) is 4.47 Å². The molecule has 0 amide bonds. The summed E-state index contributed by atoms with van der Waals surface area (Å²) < 4.78 is 34.5. The summed E-state index contributed by atoms with van der Waals surface area (Å²) in [5.74, 6) is -1.84. The maximum atomic E-state index is 14.1. The molecule has 7 heteroatoms. The number of nitrogens with zero attached hydrogens (tertiary/aromatic N) is 2. The van der Waals surface area contributed by atoms with Gasteiger partial charge in [-0.25, -0.2) is 8.78 Å². The van der Waals surface area contributed by atoms with E-state index in [4.69, 9.17) is 10.00 Å². The first-order chi connectivity index (χ1) is 9.95. The van der Waals surface area contributed by atoms with Crippen LogP contribution >= 0.6 is 15.9 Å². The molecule has 1 heterocycles. The molecular formula is C14H9BrF2N2O2. The minimum atomic E-state index is -0.875. The lowest BCUT2D eigenvalue weighted by Crippen LogP contribution is -2.19. The zero-order chi connectivity index (χ0) is 15.6. The van der Waals surface area contributed by atoms with Gasteiger partial charge in [0.2, 0.25) is 0 Å². The number of hydrogen-bond acceptors (Lipinski definition) is 3. The van der Waals surface area contributed by atoms with E-state index in [9.17, 15) is 13.6 Å². The van der Waals surface area contributed by atoms with Gasteiger partial charge in [0.15, 0.2) is 6.61 Å². The molecule has 0 aliphatic carbocycles. The maximum absolute atomic E-state index is 14.1. The second kappa shape index (κ2) is 6.06. The highest BCUT2D eigenvalue weighted by Crippen LogP contribution is 2.29. The molecule has 0 radical (unpaired) electrons. The molecule has 1 aromatic carbocycles. The largest absolute Gasteiger partial charge is 0.479 e. The lowest BCUT2D eigenvalue weighted by molar-refractivity contribution is 0.363. The van der Waals surface area contributed by atoms with Crippen LogP contribution in [-0.4, -0.2) is 11.2 Å². The smallest absolute Gasteiger partial charge is 0.265 e. The van der Waals surface area contributed by atoms with E-state index in [1.54, 1.807) is 6.07 Å². The molecule has 1 aromatic heterocycles. The third kappa shape index (κ3) is 2.95. The van der Waals surface area contributed by atoms with Gasteiger partial charge in [0.05, 0.1) is 15.7 Å². The third-order valence-electron chi connectivity index (χ3n) is 2.83. The number of aromatic nitrogens is 1. The molecule has 2 aromatic rings. The van der Waals surface area contributed by atoms with E-state index in [-0.39, 0.29) is 23.6 Å². The summed E-state index contributed by atoms with van der Waals surface area (Å²) in [4.78, 5) is 11.8. The van der Waals surface area contributed by atoms with Gasteiger partial charge in [0.1, 0.15) is 23.5 Å². The molecular weight excluding hydrogens is 346 g/mol. The van der Waals surface area contributed by atoms with E-state index in [0.717, 1.165) is 16.7 Å². The summed E-state index contributed by atoms with van der Waals surface area (Å²) in [6.07, 6.45) is 0. The van der Waals surface area contributed by atoms with Crippen LogP contribution in [-0.2, 0) is 7.05 Å². The third-order valence-corrected chi connectivity index (χ3v) is 3.44. The Bertz CT molecular complexity index is 774. The Balaban J connectivity index is 2.58. The minimum Gasteiger partial charge on any atom is -0.479 e. The highest BCUT2D eigenvalue weighted by molar-refractivity contribution is 9.10. The van der Waals surface area contributed by atoms with Crippen molar-refractivity contribution >= 4 is 15.9 Å². The average Bonchev–Trinajstić information content (AvgIpc) is 2.44. The van der Waals surface area contributed by atoms with Crippen LogP contribution in [0.4, 0.5) is 8.78 Å². The number of ether oxygens (including phenoxy) is 1. The molecule has 0 saturated carbocycles. The van der Waals surface area contributed by atoms with Crippen molar-refractivity contribution in [2.75, 3.05) is 6.61 Å². The summed E-state index contributed by atoms with van der Waals surface area (Å²) in [6.45, 7) is -0.311. The summed E-state index contributed by atoms with van der Waals surface area (Å²) in [5, 5.41) is 8.39. The number of hydrogen-bond donors (Lipinski definition) is 0. The molecule has 0 atom stereocenters. The molecule has 0 fully saturated rings. The molecule has 4 nitrogen and oxygen atoms in total. The van der Waals surface area contributed by atoms with Crippen molar-refractivity contribution < 1.29 is 13.5 Å².